The third kappa shape index (κ3) is 2.53. The van der Waals surface area contributed by atoms with Crippen LogP contribution < -0.4 is 3.80 Å². The van der Waals surface area contributed by atoms with Crippen LogP contribution in [0.3, 0.4) is 0 Å². The second-order valence-corrected chi connectivity index (χ2v) is 4.91. The monoisotopic (exact) mass is 262 g/mol. The summed E-state index contributed by atoms with van der Waals surface area (Å²) in [6, 6.07) is 0. The van der Waals surface area contributed by atoms with Crippen LogP contribution in [0.2, 0.25) is 0 Å². The van der Waals surface area contributed by atoms with Crippen molar-refractivity contribution in [3.8, 4) is 0 Å². The van der Waals surface area contributed by atoms with Crippen molar-refractivity contribution in [1.82, 2.24) is 4.98 Å². The van der Waals surface area contributed by atoms with Crippen molar-refractivity contribution in [2.75, 3.05) is 7.11 Å². The van der Waals surface area contributed by atoms with Crippen LogP contribution in [-0.2, 0) is 9.63 Å². The zero-order chi connectivity index (χ0) is 9.84. The summed E-state index contributed by atoms with van der Waals surface area (Å²) >= 11 is 2.74. The molecule has 0 saturated heterocycles. The number of hydrogen-bond donors (Lipinski definition) is 1. The van der Waals surface area contributed by atoms with Crippen LogP contribution >= 0.6 is 11.3 Å². The Balaban J connectivity index is 3.02. The number of carboxylic acid groups (broad SMARTS) is 1. The van der Waals surface area contributed by atoms with Crippen molar-refractivity contribution >= 4 is 43.7 Å². The molecule has 1 N–H and O–H groups in total. The third-order valence-electron chi connectivity index (χ3n) is 1.15. The molecule has 0 saturated carbocycles. The Bertz CT molecular complexity index is 349. The van der Waals surface area contributed by atoms with Crippen LogP contribution in [0.15, 0.2) is 10.5 Å². The first-order valence-corrected chi connectivity index (χ1v) is 5.30. The van der Waals surface area contributed by atoms with Crippen molar-refractivity contribution in [1.29, 1.82) is 0 Å². The van der Waals surface area contributed by atoms with Crippen LogP contribution in [0.25, 0.3) is 0 Å². The third-order valence-corrected chi connectivity index (χ3v) is 2.95. The van der Waals surface area contributed by atoms with Crippen molar-refractivity contribution in [3.05, 3.63) is 11.1 Å². The Morgan fingerprint density at radius 1 is 1.85 bits per heavy atom. The Labute approximate surface area is 86.9 Å². The summed E-state index contributed by atoms with van der Waals surface area (Å²) in [5.41, 5.74) is 0.182. The molecule has 0 aliphatic rings. The van der Waals surface area contributed by atoms with Crippen LogP contribution in [0.5, 0.6) is 0 Å². The molecule has 1 aromatic rings. The summed E-state index contributed by atoms with van der Waals surface area (Å²) in [5.74, 6) is -1.14. The number of aromatic nitrogens is 1. The molecule has 0 amide bonds. The SMILES string of the molecule is CON=C(C(=O)O)c1csc([AsH2])n1. The van der Waals surface area contributed by atoms with Gasteiger partial charge in [0.05, 0.1) is 0 Å². The summed E-state index contributed by atoms with van der Waals surface area (Å²) in [6.45, 7) is 0. The van der Waals surface area contributed by atoms with Gasteiger partial charge in [0, 0.05) is 0 Å². The summed E-state index contributed by atoms with van der Waals surface area (Å²) in [6.07, 6.45) is 0. The van der Waals surface area contributed by atoms with E-state index in [1.54, 1.807) is 5.38 Å². The van der Waals surface area contributed by atoms with Gasteiger partial charge < -0.3 is 0 Å². The zero-order valence-electron chi connectivity index (χ0n) is 6.72. The van der Waals surface area contributed by atoms with Gasteiger partial charge in [-0.1, -0.05) is 0 Å². The van der Waals surface area contributed by atoms with E-state index in [0.717, 1.165) is 3.80 Å². The number of nitrogens with zero attached hydrogens (tertiary/aromatic N) is 2. The van der Waals surface area contributed by atoms with Gasteiger partial charge in [0.2, 0.25) is 0 Å². The van der Waals surface area contributed by atoms with E-state index in [2.05, 4.69) is 15.0 Å². The van der Waals surface area contributed by atoms with Gasteiger partial charge in [-0.15, -0.1) is 0 Å². The predicted octanol–water partition coefficient (Wildman–Crippen LogP) is -1.16. The molecule has 0 radical (unpaired) electrons. The van der Waals surface area contributed by atoms with Gasteiger partial charge in [-0.05, 0) is 0 Å². The number of thiazole rings is 1. The van der Waals surface area contributed by atoms with Gasteiger partial charge >= 0.3 is 86.7 Å². The summed E-state index contributed by atoms with van der Waals surface area (Å²) in [7, 11) is 1.30. The standard InChI is InChI=1S/C6H7AsN2O3S/c1-12-9-4(5(10)11)3-2-13-6(7)8-3/h2H,7H2,1H3,(H,10,11). The van der Waals surface area contributed by atoms with E-state index >= 15 is 0 Å². The number of aliphatic carboxylic acids is 1. The zero-order valence-corrected chi connectivity index (χ0v) is 9.96. The average Bonchev–Trinajstić information content (AvgIpc) is 2.46. The van der Waals surface area contributed by atoms with Crippen LogP contribution in [0, 0.1) is 0 Å². The first-order valence-electron chi connectivity index (χ1n) is 3.21. The van der Waals surface area contributed by atoms with Crippen molar-refractivity contribution in [3.63, 3.8) is 0 Å². The first kappa shape index (κ1) is 10.2. The van der Waals surface area contributed by atoms with Crippen molar-refractivity contribution in [2.45, 2.75) is 0 Å². The van der Waals surface area contributed by atoms with E-state index in [1.165, 1.54) is 35.3 Å². The number of carboxylic acids is 1. The van der Waals surface area contributed by atoms with Crippen molar-refractivity contribution < 1.29 is 14.7 Å². The molecule has 0 aliphatic carbocycles. The number of rotatable bonds is 3. The molecule has 0 aliphatic heterocycles. The number of oxime groups is 1. The first-order chi connectivity index (χ1) is 6.15. The van der Waals surface area contributed by atoms with Gasteiger partial charge in [0.25, 0.3) is 0 Å². The van der Waals surface area contributed by atoms with Crippen LogP contribution in [-0.4, -0.2) is 45.7 Å². The van der Waals surface area contributed by atoms with E-state index in [1.807, 2.05) is 0 Å². The van der Waals surface area contributed by atoms with Gasteiger partial charge in [0.15, 0.2) is 0 Å². The molecule has 1 atom stereocenters. The van der Waals surface area contributed by atoms with E-state index in [-0.39, 0.29) is 5.71 Å². The molecule has 1 heterocycles. The summed E-state index contributed by atoms with van der Waals surface area (Å²) in [4.78, 5) is 19.1. The Kier molecular flexibility index (Phi) is 3.45. The van der Waals surface area contributed by atoms with Crippen LogP contribution in [0.1, 0.15) is 5.69 Å². The second kappa shape index (κ2) is 4.39. The van der Waals surface area contributed by atoms with E-state index in [9.17, 15) is 4.79 Å². The Morgan fingerprint density at radius 3 is 2.92 bits per heavy atom. The quantitative estimate of drug-likeness (QED) is 0.423. The second-order valence-electron chi connectivity index (χ2n) is 2.00. The number of carbonyl (C=O) groups is 1. The molecule has 0 spiro atoms. The fourth-order valence-electron chi connectivity index (χ4n) is 0.683. The molecular weight excluding hydrogens is 255 g/mol. The molecule has 0 aromatic carbocycles. The molecule has 1 unspecified atom stereocenters. The van der Waals surface area contributed by atoms with Crippen LogP contribution in [0.4, 0.5) is 0 Å². The Morgan fingerprint density at radius 2 is 2.54 bits per heavy atom. The maximum absolute atomic E-state index is 10.7. The van der Waals surface area contributed by atoms with Gasteiger partial charge in [-0.3, -0.25) is 0 Å². The van der Waals surface area contributed by atoms with Gasteiger partial charge in [-0.25, -0.2) is 0 Å². The minimum atomic E-state index is -1.14. The normalized spacial score (nSPS) is 11.4. The van der Waals surface area contributed by atoms with E-state index in [0.29, 0.717) is 5.69 Å². The predicted molar refractivity (Wildman–Crippen MR) is 51.5 cm³/mol. The molecule has 1 rings (SSSR count). The summed E-state index contributed by atoms with van der Waals surface area (Å²) in [5, 5.41) is 13.7. The molecule has 1 aromatic heterocycles. The average molecular weight is 262 g/mol. The summed E-state index contributed by atoms with van der Waals surface area (Å²) < 4.78 is 0.854. The van der Waals surface area contributed by atoms with Gasteiger partial charge in [-0.2, -0.15) is 0 Å². The fourth-order valence-corrected chi connectivity index (χ4v) is 1.95. The van der Waals surface area contributed by atoms with Gasteiger partial charge in [0.1, 0.15) is 0 Å². The molecular formula is C6H7AsN2O3S. The minimum absolute atomic E-state index is 0.164. The van der Waals surface area contributed by atoms with E-state index < -0.39 is 5.97 Å². The topological polar surface area (TPSA) is 71.8 Å². The Hall–Kier alpha value is -0.872. The van der Waals surface area contributed by atoms with Crippen molar-refractivity contribution in [2.24, 2.45) is 5.16 Å². The molecule has 13 heavy (non-hydrogen) atoms. The molecule has 0 bridgehead atoms. The molecule has 7 heteroatoms. The van der Waals surface area contributed by atoms with E-state index in [4.69, 9.17) is 5.11 Å². The molecule has 0 fully saturated rings. The maximum atomic E-state index is 10.7. The fraction of sp³-hybridized carbons (Fsp3) is 0.167. The number of hydrogen-bond acceptors (Lipinski definition) is 5. The molecule has 5 nitrogen and oxygen atoms in total. The molecule has 70 valence electrons.